The van der Waals surface area contributed by atoms with Crippen molar-refractivity contribution in [3.63, 3.8) is 0 Å². The Hall–Kier alpha value is -2.00. The molecule has 2 aromatic rings. The van der Waals surface area contributed by atoms with Gasteiger partial charge in [-0.05, 0) is 36.0 Å². The number of methoxy groups -OCH3 is 1. The van der Waals surface area contributed by atoms with Gasteiger partial charge >= 0.3 is 0 Å². The molecular formula is C18H20O3. The molecule has 110 valence electrons. The Kier molecular flexibility index (Phi) is 4.11. The van der Waals surface area contributed by atoms with E-state index in [9.17, 15) is 5.11 Å². The van der Waals surface area contributed by atoms with Gasteiger partial charge in [-0.15, -0.1) is 0 Å². The van der Waals surface area contributed by atoms with Crippen LogP contribution in [0.4, 0.5) is 0 Å². The third kappa shape index (κ3) is 3.19. The number of phenols is 1. The van der Waals surface area contributed by atoms with E-state index in [1.165, 1.54) is 5.56 Å². The van der Waals surface area contributed by atoms with Crippen LogP contribution in [-0.4, -0.2) is 18.3 Å². The van der Waals surface area contributed by atoms with Crippen molar-refractivity contribution in [1.29, 1.82) is 0 Å². The maximum absolute atomic E-state index is 10.0. The summed E-state index contributed by atoms with van der Waals surface area (Å²) >= 11 is 0. The predicted octanol–water partition coefficient (Wildman–Crippen LogP) is 3.86. The zero-order valence-electron chi connectivity index (χ0n) is 12.2. The van der Waals surface area contributed by atoms with Crippen LogP contribution >= 0.6 is 0 Å². The van der Waals surface area contributed by atoms with E-state index in [0.717, 1.165) is 18.4 Å². The van der Waals surface area contributed by atoms with Gasteiger partial charge in [-0.25, -0.2) is 0 Å². The molecule has 0 aliphatic heterocycles. The molecule has 3 nitrogen and oxygen atoms in total. The van der Waals surface area contributed by atoms with Gasteiger partial charge in [0, 0.05) is 6.07 Å². The number of aromatic hydroxyl groups is 1. The zero-order chi connectivity index (χ0) is 14.7. The molecule has 0 bridgehead atoms. The lowest BCUT2D eigenvalue weighted by Crippen LogP contribution is -2.29. The van der Waals surface area contributed by atoms with E-state index < -0.39 is 0 Å². The van der Waals surface area contributed by atoms with Gasteiger partial charge in [0.2, 0.25) is 0 Å². The highest BCUT2D eigenvalue weighted by Gasteiger charge is 2.32. The number of benzene rings is 2. The van der Waals surface area contributed by atoms with Crippen molar-refractivity contribution < 1.29 is 14.6 Å². The summed E-state index contributed by atoms with van der Waals surface area (Å²) in [5, 5.41) is 10.0. The summed E-state index contributed by atoms with van der Waals surface area (Å²) in [6.45, 7) is 0.660. The van der Waals surface area contributed by atoms with E-state index in [1.807, 2.05) is 30.3 Å². The highest BCUT2D eigenvalue weighted by atomic mass is 16.5. The summed E-state index contributed by atoms with van der Waals surface area (Å²) in [6.07, 6.45) is 2.22. The van der Waals surface area contributed by atoms with Crippen LogP contribution < -0.4 is 4.74 Å². The lowest BCUT2D eigenvalue weighted by Gasteiger charge is -2.35. The minimum atomic E-state index is 0.289. The summed E-state index contributed by atoms with van der Waals surface area (Å²) in [5.41, 5.74) is 2.20. The van der Waals surface area contributed by atoms with Gasteiger partial charge in [-0.3, -0.25) is 0 Å². The van der Waals surface area contributed by atoms with Gasteiger partial charge < -0.3 is 14.6 Å². The zero-order valence-corrected chi connectivity index (χ0v) is 12.2. The molecule has 21 heavy (non-hydrogen) atoms. The Bertz CT molecular complexity index is 589. The first-order chi connectivity index (χ1) is 10.3. The van der Waals surface area contributed by atoms with Crippen LogP contribution in [0.1, 0.15) is 29.9 Å². The third-order valence-corrected chi connectivity index (χ3v) is 4.10. The van der Waals surface area contributed by atoms with Crippen LogP contribution in [0.3, 0.4) is 0 Å². The number of hydrogen-bond donors (Lipinski definition) is 1. The second-order valence-corrected chi connectivity index (χ2v) is 5.51. The largest absolute Gasteiger partial charge is 0.508 e. The van der Waals surface area contributed by atoms with E-state index in [0.29, 0.717) is 24.0 Å². The normalized spacial score (nSPS) is 20.8. The van der Waals surface area contributed by atoms with Gasteiger partial charge in [-0.1, -0.05) is 36.4 Å². The monoisotopic (exact) mass is 284 g/mol. The molecule has 3 rings (SSSR count). The van der Waals surface area contributed by atoms with Crippen molar-refractivity contribution in [1.82, 2.24) is 0 Å². The number of ether oxygens (including phenoxy) is 2. The molecule has 0 heterocycles. The van der Waals surface area contributed by atoms with Crippen LogP contribution in [0.15, 0.2) is 48.5 Å². The third-order valence-electron chi connectivity index (χ3n) is 4.10. The van der Waals surface area contributed by atoms with Gasteiger partial charge in [0.25, 0.3) is 0 Å². The molecule has 0 saturated heterocycles. The summed E-state index contributed by atoms with van der Waals surface area (Å²) < 4.78 is 11.0. The lowest BCUT2D eigenvalue weighted by molar-refractivity contribution is -0.0210. The van der Waals surface area contributed by atoms with Crippen molar-refractivity contribution in [2.24, 2.45) is 0 Å². The quantitative estimate of drug-likeness (QED) is 0.906. The van der Waals surface area contributed by atoms with Crippen molar-refractivity contribution >= 4 is 0 Å². The van der Waals surface area contributed by atoms with E-state index in [2.05, 4.69) is 12.1 Å². The molecule has 1 fully saturated rings. The van der Waals surface area contributed by atoms with Crippen LogP contribution in [-0.2, 0) is 11.3 Å². The van der Waals surface area contributed by atoms with Crippen LogP contribution in [0.25, 0.3) is 0 Å². The second-order valence-electron chi connectivity index (χ2n) is 5.51. The Labute approximate surface area is 125 Å². The van der Waals surface area contributed by atoms with Gasteiger partial charge in [0.1, 0.15) is 11.5 Å². The van der Waals surface area contributed by atoms with Crippen molar-refractivity contribution in [2.75, 3.05) is 7.11 Å². The fourth-order valence-corrected chi connectivity index (χ4v) is 2.74. The molecule has 0 atom stereocenters. The van der Waals surface area contributed by atoms with Crippen LogP contribution in [0, 0.1) is 0 Å². The maximum Gasteiger partial charge on any atom is 0.122 e. The average Bonchev–Trinajstić information content (AvgIpc) is 2.48. The lowest BCUT2D eigenvalue weighted by atomic mass is 9.77. The Morgan fingerprint density at radius 3 is 2.52 bits per heavy atom. The first-order valence-corrected chi connectivity index (χ1v) is 7.28. The van der Waals surface area contributed by atoms with E-state index in [-0.39, 0.29) is 6.10 Å². The van der Waals surface area contributed by atoms with Crippen molar-refractivity contribution in [2.45, 2.75) is 31.5 Å². The molecular weight excluding hydrogens is 264 g/mol. The first kappa shape index (κ1) is 14.0. The van der Waals surface area contributed by atoms with E-state index >= 15 is 0 Å². The minimum Gasteiger partial charge on any atom is -0.508 e. The molecule has 1 saturated carbocycles. The fourth-order valence-electron chi connectivity index (χ4n) is 2.74. The molecule has 1 N–H and O–H groups in total. The summed E-state index contributed by atoms with van der Waals surface area (Å²) in [4.78, 5) is 0. The van der Waals surface area contributed by atoms with E-state index in [1.54, 1.807) is 13.2 Å². The molecule has 0 spiro atoms. The summed E-state index contributed by atoms with van der Waals surface area (Å²) in [6, 6.07) is 15.7. The van der Waals surface area contributed by atoms with E-state index in [4.69, 9.17) is 9.47 Å². The molecule has 0 aromatic heterocycles. The van der Waals surface area contributed by atoms with Gasteiger partial charge in [0.15, 0.2) is 0 Å². The molecule has 3 heteroatoms. The Balaban J connectivity index is 1.51. The topological polar surface area (TPSA) is 38.7 Å². The van der Waals surface area contributed by atoms with Crippen LogP contribution in [0.2, 0.25) is 0 Å². The minimum absolute atomic E-state index is 0.289. The Morgan fingerprint density at radius 1 is 1.10 bits per heavy atom. The van der Waals surface area contributed by atoms with Crippen LogP contribution in [0.5, 0.6) is 11.5 Å². The number of hydrogen-bond acceptors (Lipinski definition) is 3. The standard InChI is InChI=1S/C18H20O3/c1-20-15-7-8-17(18(19)11-15)14-9-16(10-14)21-12-13-5-3-2-4-6-13/h2-8,11,14,16,19H,9-10,12H2,1H3. The summed E-state index contributed by atoms with van der Waals surface area (Å²) in [5.74, 6) is 1.39. The molecule has 0 amide bonds. The highest BCUT2D eigenvalue weighted by molar-refractivity contribution is 5.42. The number of phenolic OH excluding ortho intramolecular Hbond substituents is 1. The van der Waals surface area contributed by atoms with Crippen molar-refractivity contribution in [3.8, 4) is 11.5 Å². The highest BCUT2D eigenvalue weighted by Crippen LogP contribution is 2.43. The molecule has 0 unspecified atom stereocenters. The van der Waals surface area contributed by atoms with Gasteiger partial charge in [0.05, 0.1) is 19.8 Å². The summed E-state index contributed by atoms with van der Waals surface area (Å²) in [7, 11) is 1.60. The maximum atomic E-state index is 10.0. The second kappa shape index (κ2) is 6.19. The number of rotatable bonds is 5. The fraction of sp³-hybridized carbons (Fsp3) is 0.333. The first-order valence-electron chi connectivity index (χ1n) is 7.28. The molecule has 1 aliphatic rings. The molecule has 2 aromatic carbocycles. The predicted molar refractivity (Wildman–Crippen MR) is 81.7 cm³/mol. The van der Waals surface area contributed by atoms with Crippen molar-refractivity contribution in [3.05, 3.63) is 59.7 Å². The Morgan fingerprint density at radius 2 is 1.86 bits per heavy atom. The smallest absolute Gasteiger partial charge is 0.122 e. The van der Waals surface area contributed by atoms with Gasteiger partial charge in [-0.2, -0.15) is 0 Å². The average molecular weight is 284 g/mol. The molecule has 1 aliphatic carbocycles. The SMILES string of the molecule is COc1ccc(C2CC(OCc3ccccc3)C2)c(O)c1. The molecule has 0 radical (unpaired) electrons.